The summed E-state index contributed by atoms with van der Waals surface area (Å²) in [6.45, 7) is 1.74. The van der Waals surface area contributed by atoms with Gasteiger partial charge in [-0.25, -0.2) is 8.78 Å². The Hall–Kier alpha value is -2.12. The van der Waals surface area contributed by atoms with Crippen molar-refractivity contribution in [2.45, 2.75) is 43.5 Å². The third kappa shape index (κ3) is 3.30. The number of nitrogens with zero attached hydrogens (tertiary/aromatic N) is 3. The fourth-order valence-electron chi connectivity index (χ4n) is 4.71. The molecule has 0 saturated carbocycles. The van der Waals surface area contributed by atoms with Crippen molar-refractivity contribution in [3.63, 3.8) is 0 Å². The van der Waals surface area contributed by atoms with E-state index in [2.05, 4.69) is 4.90 Å². The number of pyridine rings is 1. The predicted molar refractivity (Wildman–Crippen MR) is 114 cm³/mol. The van der Waals surface area contributed by atoms with E-state index in [1.54, 1.807) is 0 Å². The predicted octanol–water partition coefficient (Wildman–Crippen LogP) is 4.50. The van der Waals surface area contributed by atoms with Crippen molar-refractivity contribution in [3.8, 4) is 0 Å². The monoisotopic (exact) mass is 414 g/mol. The number of hydrogen-bond acceptors (Lipinski definition) is 5. The van der Waals surface area contributed by atoms with Gasteiger partial charge in [0.25, 0.3) is 0 Å². The van der Waals surface area contributed by atoms with Gasteiger partial charge in [-0.15, -0.1) is 11.8 Å². The van der Waals surface area contributed by atoms with Crippen LogP contribution in [-0.4, -0.2) is 24.1 Å². The molecule has 7 heteroatoms. The van der Waals surface area contributed by atoms with Gasteiger partial charge >= 0.3 is 0 Å². The fraction of sp³-hybridized carbons (Fsp3) is 0.409. The molecule has 2 aliphatic heterocycles. The number of rotatable bonds is 3. The number of anilines is 2. The van der Waals surface area contributed by atoms with Gasteiger partial charge in [0.2, 0.25) is 0 Å². The highest BCUT2D eigenvalue weighted by Crippen LogP contribution is 2.48. The van der Waals surface area contributed by atoms with Crippen LogP contribution in [0.1, 0.15) is 41.5 Å². The molecule has 1 aliphatic carbocycles. The molecule has 1 unspecified atom stereocenters. The molecule has 1 saturated heterocycles. The molecule has 2 atom stereocenters. The van der Waals surface area contributed by atoms with Crippen LogP contribution in [0.3, 0.4) is 0 Å². The van der Waals surface area contributed by atoms with Gasteiger partial charge in [-0.05, 0) is 55.2 Å². The molecule has 2 aromatic rings. The number of aromatic nitrogens is 1. The van der Waals surface area contributed by atoms with Gasteiger partial charge in [-0.1, -0.05) is 6.07 Å². The molecule has 0 amide bonds. The SMILES string of the molecule is N[C@H]1CCCN(c2c(N3C=CSC3c3c(F)cccc3F)cnc3c2CCC3)C1. The fourth-order valence-corrected chi connectivity index (χ4v) is 5.74. The summed E-state index contributed by atoms with van der Waals surface area (Å²) in [5.41, 5.74) is 10.8. The van der Waals surface area contributed by atoms with E-state index in [9.17, 15) is 8.78 Å². The zero-order chi connectivity index (χ0) is 20.0. The summed E-state index contributed by atoms with van der Waals surface area (Å²) in [6, 6.07) is 4.19. The molecule has 4 nitrogen and oxygen atoms in total. The molecule has 0 spiro atoms. The van der Waals surface area contributed by atoms with E-state index in [4.69, 9.17) is 10.7 Å². The lowest BCUT2D eigenvalue weighted by molar-refractivity contribution is 0.505. The van der Waals surface area contributed by atoms with E-state index in [1.807, 2.05) is 22.7 Å². The highest BCUT2D eigenvalue weighted by Gasteiger charge is 2.34. The Bertz CT molecular complexity index is 944. The highest BCUT2D eigenvalue weighted by molar-refractivity contribution is 8.02. The van der Waals surface area contributed by atoms with Gasteiger partial charge in [-0.3, -0.25) is 4.98 Å². The van der Waals surface area contributed by atoms with Crippen LogP contribution >= 0.6 is 11.8 Å². The van der Waals surface area contributed by atoms with E-state index >= 15 is 0 Å². The lowest BCUT2D eigenvalue weighted by atomic mass is 10.0. The van der Waals surface area contributed by atoms with E-state index < -0.39 is 17.0 Å². The van der Waals surface area contributed by atoms with E-state index in [1.165, 1.54) is 35.5 Å². The van der Waals surface area contributed by atoms with Gasteiger partial charge in [0, 0.05) is 31.0 Å². The lowest BCUT2D eigenvalue weighted by Gasteiger charge is -2.37. The summed E-state index contributed by atoms with van der Waals surface area (Å²) >= 11 is 1.41. The number of hydrogen-bond donors (Lipinski definition) is 1. The van der Waals surface area contributed by atoms with Crippen LogP contribution in [-0.2, 0) is 12.8 Å². The van der Waals surface area contributed by atoms with Gasteiger partial charge in [-0.2, -0.15) is 0 Å². The first-order valence-corrected chi connectivity index (χ1v) is 11.1. The molecular weight excluding hydrogens is 390 g/mol. The first-order valence-electron chi connectivity index (χ1n) is 10.2. The Morgan fingerprint density at radius 1 is 1.14 bits per heavy atom. The van der Waals surface area contributed by atoms with Gasteiger partial charge in [0.1, 0.15) is 17.0 Å². The Kier molecular flexibility index (Phi) is 4.95. The molecule has 1 aromatic heterocycles. The van der Waals surface area contributed by atoms with Crippen molar-refractivity contribution in [1.29, 1.82) is 0 Å². The number of halogens is 2. The number of nitrogens with two attached hydrogens (primary N) is 1. The molecule has 3 heterocycles. The first kappa shape index (κ1) is 18.9. The molecule has 1 fully saturated rings. The standard InChI is InChI=1S/C22H24F2N4S/c23-16-6-2-7-17(24)20(16)22-28(10-11-29-22)19-12-26-18-8-1-5-15(18)21(19)27-9-3-4-14(25)13-27/h2,6-7,10-12,14,22H,1,3-5,8-9,13,25H2/t14-,22?/m0/s1. The van der Waals surface area contributed by atoms with Gasteiger partial charge in [0.15, 0.2) is 0 Å². The molecule has 3 aliphatic rings. The summed E-state index contributed by atoms with van der Waals surface area (Å²) in [5.74, 6) is -1.04. The second-order valence-electron chi connectivity index (χ2n) is 7.94. The minimum absolute atomic E-state index is 0.0873. The topological polar surface area (TPSA) is 45.4 Å². The van der Waals surface area contributed by atoms with Crippen molar-refractivity contribution < 1.29 is 8.78 Å². The van der Waals surface area contributed by atoms with E-state index in [-0.39, 0.29) is 11.6 Å². The third-order valence-corrected chi connectivity index (χ3v) is 7.04. The van der Waals surface area contributed by atoms with Crippen molar-refractivity contribution in [1.82, 2.24) is 4.98 Å². The van der Waals surface area contributed by atoms with Crippen molar-refractivity contribution in [3.05, 3.63) is 64.5 Å². The molecule has 0 bridgehead atoms. The second-order valence-corrected chi connectivity index (χ2v) is 8.93. The first-order chi connectivity index (χ1) is 14.1. The summed E-state index contributed by atoms with van der Waals surface area (Å²) in [4.78, 5) is 9.05. The lowest BCUT2D eigenvalue weighted by Crippen LogP contribution is -2.43. The van der Waals surface area contributed by atoms with Crippen molar-refractivity contribution in [2.75, 3.05) is 22.9 Å². The summed E-state index contributed by atoms with van der Waals surface area (Å²) < 4.78 is 29.1. The zero-order valence-electron chi connectivity index (χ0n) is 16.2. The molecular formula is C22H24F2N4S. The van der Waals surface area contributed by atoms with Gasteiger partial charge in [0.05, 0.1) is 23.1 Å². The number of aryl methyl sites for hydroxylation is 1. The Balaban J connectivity index is 1.61. The molecule has 29 heavy (non-hydrogen) atoms. The summed E-state index contributed by atoms with van der Waals surface area (Å²) in [5, 5.41) is 1.41. The van der Waals surface area contributed by atoms with Crippen LogP contribution in [0.4, 0.5) is 20.2 Å². The van der Waals surface area contributed by atoms with Gasteiger partial charge < -0.3 is 15.5 Å². The Morgan fingerprint density at radius 2 is 1.97 bits per heavy atom. The maximum absolute atomic E-state index is 14.6. The zero-order valence-corrected chi connectivity index (χ0v) is 17.0. The van der Waals surface area contributed by atoms with Crippen LogP contribution in [0.2, 0.25) is 0 Å². The third-order valence-electron chi connectivity index (χ3n) is 6.04. The van der Waals surface area contributed by atoms with Crippen LogP contribution < -0.4 is 15.5 Å². The highest BCUT2D eigenvalue weighted by atomic mass is 32.2. The van der Waals surface area contributed by atoms with Crippen LogP contribution in [0.5, 0.6) is 0 Å². The quantitative estimate of drug-likeness (QED) is 0.801. The Labute approximate surface area is 173 Å². The molecule has 5 rings (SSSR count). The van der Waals surface area contributed by atoms with E-state index in [0.29, 0.717) is 0 Å². The largest absolute Gasteiger partial charge is 0.368 e. The van der Waals surface area contributed by atoms with Crippen LogP contribution in [0.15, 0.2) is 36.0 Å². The summed E-state index contributed by atoms with van der Waals surface area (Å²) in [6.07, 6.45) is 8.93. The number of thioether (sulfide) groups is 1. The average Bonchev–Trinajstić information content (AvgIpc) is 3.36. The smallest absolute Gasteiger partial charge is 0.132 e. The minimum atomic E-state index is -0.521. The summed E-state index contributed by atoms with van der Waals surface area (Å²) in [7, 11) is 0. The molecule has 152 valence electrons. The van der Waals surface area contributed by atoms with Crippen LogP contribution in [0, 0.1) is 11.6 Å². The second kappa shape index (κ2) is 7.61. The molecule has 2 N–H and O–H groups in total. The maximum atomic E-state index is 14.6. The van der Waals surface area contributed by atoms with Crippen molar-refractivity contribution in [2.24, 2.45) is 5.73 Å². The van der Waals surface area contributed by atoms with E-state index in [0.717, 1.165) is 62.3 Å². The number of piperidine rings is 1. The number of fused-ring (bicyclic) bond motifs is 1. The van der Waals surface area contributed by atoms with Crippen molar-refractivity contribution >= 4 is 23.1 Å². The Morgan fingerprint density at radius 3 is 2.76 bits per heavy atom. The number of benzene rings is 1. The normalized spacial score (nSPS) is 23.7. The average molecular weight is 415 g/mol. The minimum Gasteiger partial charge on any atom is -0.368 e. The van der Waals surface area contributed by atoms with Crippen LogP contribution in [0.25, 0.3) is 0 Å². The molecule has 0 radical (unpaired) electrons. The molecule has 1 aromatic carbocycles. The maximum Gasteiger partial charge on any atom is 0.132 e.